The molecular formula is C43H77O2. The molecule has 0 aliphatic heterocycles. The van der Waals surface area contributed by atoms with Gasteiger partial charge in [-0.3, -0.25) is 0 Å². The molecule has 45 heavy (non-hydrogen) atoms. The third kappa shape index (κ3) is 10.3. The minimum Gasteiger partial charge on any atom is -0.378 e. The van der Waals surface area contributed by atoms with Crippen molar-refractivity contribution in [2.75, 3.05) is 13.2 Å². The van der Waals surface area contributed by atoms with Gasteiger partial charge >= 0.3 is 0 Å². The zero-order valence-electron chi connectivity index (χ0n) is 31.0. The van der Waals surface area contributed by atoms with E-state index >= 15 is 0 Å². The standard InChI is InChI=1S/C43H77O2/c1-34(2)21-20-22-35(3)39-25-26-40-38-24-23-36-33-37(27-29-42(36,4)41(38)28-30-43(39,40)5)45-32-19-17-15-13-11-9-7-6-8-10-12-14-16-18-31-44/h23,34-35,37-41H,6-22,24-33H2,1-5H3/t35-,37?,38?,39-,40?,41?,42+,43-/m1/s1. The highest BCUT2D eigenvalue weighted by Gasteiger charge is 2.59. The highest BCUT2D eigenvalue weighted by Crippen LogP contribution is 2.67. The lowest BCUT2D eigenvalue weighted by Crippen LogP contribution is -2.51. The molecular weight excluding hydrogens is 548 g/mol. The van der Waals surface area contributed by atoms with E-state index in [1.807, 2.05) is 0 Å². The molecule has 4 aliphatic carbocycles. The molecule has 8 atom stereocenters. The van der Waals surface area contributed by atoms with Crippen LogP contribution in [0.4, 0.5) is 0 Å². The van der Waals surface area contributed by atoms with Gasteiger partial charge in [0.25, 0.3) is 0 Å². The third-order valence-electron chi connectivity index (χ3n) is 14.2. The van der Waals surface area contributed by atoms with Gasteiger partial charge in [-0.25, -0.2) is 5.11 Å². The van der Waals surface area contributed by atoms with Gasteiger partial charge in [-0.1, -0.05) is 143 Å². The van der Waals surface area contributed by atoms with Crippen molar-refractivity contribution in [2.24, 2.45) is 46.3 Å². The number of fused-ring (bicyclic) bond motifs is 5. The Hall–Kier alpha value is -0.340. The van der Waals surface area contributed by atoms with E-state index in [-0.39, 0.29) is 6.61 Å². The van der Waals surface area contributed by atoms with Gasteiger partial charge in [0, 0.05) is 6.61 Å². The summed E-state index contributed by atoms with van der Waals surface area (Å²) in [6, 6.07) is 0. The summed E-state index contributed by atoms with van der Waals surface area (Å²) in [7, 11) is 0. The number of ether oxygens (including phenoxy) is 1. The van der Waals surface area contributed by atoms with E-state index < -0.39 is 0 Å². The third-order valence-corrected chi connectivity index (χ3v) is 14.2. The second-order valence-corrected chi connectivity index (χ2v) is 17.7. The van der Waals surface area contributed by atoms with Crippen LogP contribution >= 0.6 is 0 Å². The first-order valence-electron chi connectivity index (χ1n) is 20.7. The molecule has 0 amide bonds. The van der Waals surface area contributed by atoms with E-state index in [2.05, 4.69) is 40.7 Å². The fourth-order valence-electron chi connectivity index (χ4n) is 11.4. The quantitative estimate of drug-likeness (QED) is 0.0869. The summed E-state index contributed by atoms with van der Waals surface area (Å²) in [6.45, 7) is 13.9. The lowest BCUT2D eigenvalue weighted by Gasteiger charge is -2.58. The highest BCUT2D eigenvalue weighted by molar-refractivity contribution is 5.25. The molecule has 4 unspecified atom stereocenters. The van der Waals surface area contributed by atoms with Crippen LogP contribution in [-0.2, 0) is 9.84 Å². The number of rotatable bonds is 22. The average molecular weight is 626 g/mol. The SMILES string of the molecule is CC(C)CCC[C@@H](C)[C@H]1CCC2C3CC=C4CC(OCCCCCCCCCCCCCCCC[O])CC[C@]4(C)C3CC[C@@]21C. The van der Waals surface area contributed by atoms with Crippen LogP contribution in [0.25, 0.3) is 0 Å². The van der Waals surface area contributed by atoms with Crippen molar-refractivity contribution in [3.8, 4) is 0 Å². The highest BCUT2D eigenvalue weighted by atomic mass is 16.5. The zero-order valence-corrected chi connectivity index (χ0v) is 31.0. The summed E-state index contributed by atoms with van der Waals surface area (Å²) in [5, 5.41) is 10.5. The minimum absolute atomic E-state index is 0.116. The van der Waals surface area contributed by atoms with Crippen LogP contribution in [0.5, 0.6) is 0 Å². The largest absolute Gasteiger partial charge is 0.378 e. The van der Waals surface area contributed by atoms with Crippen molar-refractivity contribution in [3.05, 3.63) is 11.6 Å². The molecule has 261 valence electrons. The maximum absolute atomic E-state index is 10.5. The van der Waals surface area contributed by atoms with Gasteiger partial charge in [0.15, 0.2) is 0 Å². The van der Waals surface area contributed by atoms with Gasteiger partial charge < -0.3 is 4.74 Å². The van der Waals surface area contributed by atoms with E-state index in [1.165, 1.54) is 148 Å². The molecule has 4 aliphatic rings. The Bertz CT molecular complexity index is 847. The summed E-state index contributed by atoms with van der Waals surface area (Å²) in [5.41, 5.74) is 2.84. The summed E-state index contributed by atoms with van der Waals surface area (Å²) in [6.07, 6.45) is 37.2. The molecule has 0 heterocycles. The van der Waals surface area contributed by atoms with Crippen LogP contribution in [-0.4, -0.2) is 19.3 Å². The number of unbranched alkanes of at least 4 members (excludes halogenated alkanes) is 13. The monoisotopic (exact) mass is 626 g/mol. The summed E-state index contributed by atoms with van der Waals surface area (Å²) in [4.78, 5) is 0. The van der Waals surface area contributed by atoms with Crippen LogP contribution < -0.4 is 0 Å². The van der Waals surface area contributed by atoms with Gasteiger partial charge in [0.2, 0.25) is 0 Å². The Morgan fingerprint density at radius 2 is 1.33 bits per heavy atom. The van der Waals surface area contributed by atoms with E-state index in [4.69, 9.17) is 4.74 Å². The fourth-order valence-corrected chi connectivity index (χ4v) is 11.4. The van der Waals surface area contributed by atoms with Gasteiger partial charge in [-0.15, -0.1) is 0 Å². The normalized spacial score (nSPS) is 33.5. The molecule has 4 rings (SSSR count). The van der Waals surface area contributed by atoms with Crippen LogP contribution in [0.3, 0.4) is 0 Å². The molecule has 3 fully saturated rings. The van der Waals surface area contributed by atoms with Crippen molar-refractivity contribution in [2.45, 2.75) is 201 Å². The van der Waals surface area contributed by atoms with Crippen molar-refractivity contribution in [3.63, 3.8) is 0 Å². The predicted octanol–water partition coefficient (Wildman–Crippen LogP) is 13.3. The molecule has 0 spiro atoms. The zero-order chi connectivity index (χ0) is 32.1. The molecule has 1 radical (unpaired) electrons. The second kappa shape index (κ2) is 19.0. The van der Waals surface area contributed by atoms with E-state index in [1.54, 1.807) is 5.57 Å². The smallest absolute Gasteiger partial charge is 0.0822 e. The first-order valence-corrected chi connectivity index (χ1v) is 20.7. The molecule has 3 saturated carbocycles. The van der Waals surface area contributed by atoms with Crippen molar-refractivity contribution < 1.29 is 9.84 Å². The lowest BCUT2D eigenvalue weighted by atomic mass is 9.47. The molecule has 0 aromatic rings. The van der Waals surface area contributed by atoms with Gasteiger partial charge in [-0.05, 0) is 111 Å². The van der Waals surface area contributed by atoms with E-state index in [9.17, 15) is 5.11 Å². The Labute approximate surface area is 281 Å². The fraction of sp³-hybridized carbons (Fsp3) is 0.953. The van der Waals surface area contributed by atoms with E-state index in [0.29, 0.717) is 16.9 Å². The maximum Gasteiger partial charge on any atom is 0.0822 e. The Morgan fingerprint density at radius 3 is 1.96 bits per heavy atom. The van der Waals surface area contributed by atoms with E-state index in [0.717, 1.165) is 55.0 Å². The van der Waals surface area contributed by atoms with Crippen LogP contribution in [0.1, 0.15) is 195 Å². The Balaban J connectivity index is 1.09. The van der Waals surface area contributed by atoms with Crippen LogP contribution in [0, 0.1) is 46.3 Å². The lowest BCUT2D eigenvalue weighted by molar-refractivity contribution is -0.0641. The maximum atomic E-state index is 10.5. The van der Waals surface area contributed by atoms with Gasteiger partial charge in [0.05, 0.1) is 12.7 Å². The molecule has 0 bridgehead atoms. The van der Waals surface area contributed by atoms with Crippen molar-refractivity contribution >= 4 is 0 Å². The summed E-state index contributed by atoms with van der Waals surface area (Å²) >= 11 is 0. The topological polar surface area (TPSA) is 29.1 Å². The first kappa shape index (κ1) is 37.5. The van der Waals surface area contributed by atoms with Gasteiger partial charge in [-0.2, -0.15) is 0 Å². The van der Waals surface area contributed by atoms with Crippen LogP contribution in [0.15, 0.2) is 11.6 Å². The first-order chi connectivity index (χ1) is 21.8. The summed E-state index contributed by atoms with van der Waals surface area (Å²) < 4.78 is 6.54. The predicted molar refractivity (Wildman–Crippen MR) is 193 cm³/mol. The summed E-state index contributed by atoms with van der Waals surface area (Å²) in [5.74, 6) is 5.55. The molecule has 2 nitrogen and oxygen atoms in total. The van der Waals surface area contributed by atoms with Crippen LogP contribution in [0.2, 0.25) is 0 Å². The molecule has 2 heteroatoms. The average Bonchev–Trinajstić information content (AvgIpc) is 3.38. The molecule has 0 N–H and O–H groups in total. The molecule has 0 aromatic carbocycles. The number of hydrogen-bond donors (Lipinski definition) is 0. The Morgan fingerprint density at radius 1 is 0.711 bits per heavy atom. The van der Waals surface area contributed by atoms with Crippen molar-refractivity contribution in [1.82, 2.24) is 0 Å². The minimum atomic E-state index is 0.116. The second-order valence-electron chi connectivity index (χ2n) is 17.7. The number of hydrogen-bond acceptors (Lipinski definition) is 1. The molecule has 0 aromatic heterocycles. The number of allylic oxidation sites excluding steroid dienone is 1. The Kier molecular flexibility index (Phi) is 15.8. The molecule has 0 saturated heterocycles. The van der Waals surface area contributed by atoms with Gasteiger partial charge in [0.1, 0.15) is 0 Å². The van der Waals surface area contributed by atoms with Crippen molar-refractivity contribution in [1.29, 1.82) is 0 Å².